The minimum atomic E-state index is 0.881. The number of aryl methyl sites for hydroxylation is 2. The Labute approximate surface area is 93.1 Å². The zero-order valence-corrected chi connectivity index (χ0v) is 9.25. The molecular formula is C12H12N4. The summed E-state index contributed by atoms with van der Waals surface area (Å²) in [5.74, 6) is 0.881. The first-order valence-electron chi connectivity index (χ1n) is 5.20. The third-order valence-electron chi connectivity index (χ3n) is 2.62. The lowest BCUT2D eigenvalue weighted by molar-refractivity contribution is 0.800. The molecule has 4 heteroatoms. The lowest BCUT2D eigenvalue weighted by Crippen LogP contribution is -1.91. The van der Waals surface area contributed by atoms with Gasteiger partial charge in [0, 0.05) is 18.7 Å². The Kier molecular flexibility index (Phi) is 1.83. The Bertz CT molecular complexity index is 634. The number of hydrogen-bond acceptors (Lipinski definition) is 2. The summed E-state index contributed by atoms with van der Waals surface area (Å²) in [6.45, 7) is 1.99. The molecule has 0 bridgehead atoms. The molecule has 0 fully saturated rings. The molecule has 0 amide bonds. The van der Waals surface area contributed by atoms with Crippen molar-refractivity contribution in [2.45, 2.75) is 6.92 Å². The van der Waals surface area contributed by atoms with Gasteiger partial charge in [-0.15, -0.1) is 0 Å². The highest BCUT2D eigenvalue weighted by atomic mass is 15.4. The molecule has 0 saturated carbocycles. The van der Waals surface area contributed by atoms with Crippen LogP contribution in [-0.2, 0) is 7.05 Å². The molecule has 80 valence electrons. The van der Waals surface area contributed by atoms with Crippen LogP contribution in [0.1, 0.15) is 5.69 Å². The molecule has 0 aliphatic rings. The van der Waals surface area contributed by atoms with Crippen molar-refractivity contribution in [2.24, 2.45) is 7.05 Å². The first kappa shape index (κ1) is 9.15. The van der Waals surface area contributed by atoms with E-state index in [9.17, 15) is 0 Å². The number of benzene rings is 1. The van der Waals surface area contributed by atoms with Gasteiger partial charge in [0.1, 0.15) is 0 Å². The zero-order chi connectivity index (χ0) is 11.1. The lowest BCUT2D eigenvalue weighted by atomic mass is 10.2. The van der Waals surface area contributed by atoms with Crippen LogP contribution in [-0.4, -0.2) is 19.4 Å². The van der Waals surface area contributed by atoms with Crippen LogP contribution in [0, 0.1) is 6.92 Å². The molecule has 0 N–H and O–H groups in total. The van der Waals surface area contributed by atoms with Gasteiger partial charge in [-0.25, -0.2) is 4.68 Å². The van der Waals surface area contributed by atoms with Crippen molar-refractivity contribution < 1.29 is 0 Å². The highest BCUT2D eigenvalue weighted by Crippen LogP contribution is 2.18. The number of nitrogens with zero attached hydrogens (tertiary/aromatic N) is 4. The Morgan fingerprint density at radius 2 is 1.81 bits per heavy atom. The van der Waals surface area contributed by atoms with Gasteiger partial charge in [0.25, 0.3) is 0 Å². The van der Waals surface area contributed by atoms with Gasteiger partial charge in [-0.2, -0.15) is 14.7 Å². The molecule has 4 nitrogen and oxygen atoms in total. The minimum absolute atomic E-state index is 0.881. The van der Waals surface area contributed by atoms with E-state index in [2.05, 4.69) is 10.2 Å². The lowest BCUT2D eigenvalue weighted by Gasteiger charge is -1.95. The zero-order valence-electron chi connectivity index (χ0n) is 9.25. The van der Waals surface area contributed by atoms with Gasteiger partial charge < -0.3 is 0 Å². The van der Waals surface area contributed by atoms with Crippen molar-refractivity contribution in [3.8, 4) is 11.4 Å². The summed E-state index contributed by atoms with van der Waals surface area (Å²) in [5, 5.41) is 8.92. The van der Waals surface area contributed by atoms with Crippen LogP contribution in [0.4, 0.5) is 0 Å². The molecule has 0 aliphatic carbocycles. The van der Waals surface area contributed by atoms with E-state index < -0.39 is 0 Å². The summed E-state index contributed by atoms with van der Waals surface area (Å²) in [4.78, 5) is 0. The van der Waals surface area contributed by atoms with E-state index in [1.807, 2.05) is 59.6 Å². The fourth-order valence-electron chi connectivity index (χ4n) is 1.88. The summed E-state index contributed by atoms with van der Waals surface area (Å²) in [6.07, 6.45) is 0. The summed E-state index contributed by atoms with van der Waals surface area (Å²) in [6, 6.07) is 12.1. The topological polar surface area (TPSA) is 35.1 Å². The smallest absolute Gasteiger partial charge is 0.183 e. The van der Waals surface area contributed by atoms with E-state index in [0.717, 1.165) is 22.7 Å². The summed E-state index contributed by atoms with van der Waals surface area (Å²) in [5.41, 5.74) is 3.10. The van der Waals surface area contributed by atoms with Crippen LogP contribution in [0.5, 0.6) is 0 Å². The summed E-state index contributed by atoms with van der Waals surface area (Å²) >= 11 is 0. The molecule has 0 unspecified atom stereocenters. The second-order valence-electron chi connectivity index (χ2n) is 3.87. The maximum atomic E-state index is 4.48. The number of fused-ring (bicyclic) bond motifs is 1. The van der Waals surface area contributed by atoms with Crippen LogP contribution in [0.2, 0.25) is 0 Å². The van der Waals surface area contributed by atoms with Crippen molar-refractivity contribution >= 4 is 5.65 Å². The monoisotopic (exact) mass is 212 g/mol. The van der Waals surface area contributed by atoms with Gasteiger partial charge in [-0.05, 0) is 6.92 Å². The quantitative estimate of drug-likeness (QED) is 0.618. The van der Waals surface area contributed by atoms with Crippen LogP contribution in [0.3, 0.4) is 0 Å². The number of hydrogen-bond donors (Lipinski definition) is 0. The largest absolute Gasteiger partial charge is 0.249 e. The molecule has 3 aromatic rings. The second-order valence-corrected chi connectivity index (χ2v) is 3.87. The van der Waals surface area contributed by atoms with Gasteiger partial charge in [0.05, 0.1) is 5.69 Å². The average molecular weight is 212 g/mol. The highest BCUT2D eigenvalue weighted by molar-refractivity contribution is 5.59. The number of aromatic nitrogens is 4. The van der Waals surface area contributed by atoms with Gasteiger partial charge in [-0.3, -0.25) is 0 Å². The molecule has 0 radical (unpaired) electrons. The standard InChI is InChI=1S/C12H12N4/c1-9-8-11-15(2)14-12(16(11)13-9)10-6-4-3-5-7-10/h3-8H,1-2H3. The van der Waals surface area contributed by atoms with Crippen molar-refractivity contribution in [3.63, 3.8) is 0 Å². The van der Waals surface area contributed by atoms with E-state index in [4.69, 9.17) is 0 Å². The fourth-order valence-corrected chi connectivity index (χ4v) is 1.88. The Hall–Kier alpha value is -2.10. The molecule has 2 aromatic heterocycles. The van der Waals surface area contributed by atoms with Gasteiger partial charge in [0.2, 0.25) is 0 Å². The molecule has 0 atom stereocenters. The fraction of sp³-hybridized carbons (Fsp3) is 0.167. The third-order valence-corrected chi connectivity index (χ3v) is 2.62. The van der Waals surface area contributed by atoms with Gasteiger partial charge in [0.15, 0.2) is 11.5 Å². The van der Waals surface area contributed by atoms with E-state index in [1.54, 1.807) is 0 Å². The summed E-state index contributed by atoms with van der Waals surface area (Å²) < 4.78 is 3.73. The van der Waals surface area contributed by atoms with E-state index in [-0.39, 0.29) is 0 Å². The SMILES string of the molecule is Cc1cc2n(C)nc(-c3ccccc3)n2n1. The maximum Gasteiger partial charge on any atom is 0.183 e. The molecule has 1 aromatic carbocycles. The first-order valence-corrected chi connectivity index (χ1v) is 5.20. The second kappa shape index (κ2) is 3.20. The van der Waals surface area contributed by atoms with Crippen molar-refractivity contribution in [1.82, 2.24) is 19.4 Å². The Balaban J connectivity index is 2.32. The van der Waals surface area contributed by atoms with Crippen LogP contribution in [0.15, 0.2) is 36.4 Å². The van der Waals surface area contributed by atoms with Crippen molar-refractivity contribution in [3.05, 3.63) is 42.1 Å². The molecule has 2 heterocycles. The molecular weight excluding hydrogens is 200 g/mol. The molecule has 16 heavy (non-hydrogen) atoms. The number of rotatable bonds is 1. The Morgan fingerprint density at radius 3 is 2.56 bits per heavy atom. The molecule has 3 rings (SSSR count). The minimum Gasteiger partial charge on any atom is -0.249 e. The molecule has 0 aliphatic heterocycles. The Morgan fingerprint density at radius 1 is 1.06 bits per heavy atom. The summed E-state index contributed by atoms with van der Waals surface area (Å²) in [7, 11) is 1.93. The maximum absolute atomic E-state index is 4.48. The van der Waals surface area contributed by atoms with Crippen LogP contribution >= 0.6 is 0 Å². The first-order chi connectivity index (χ1) is 7.75. The third kappa shape index (κ3) is 1.23. The van der Waals surface area contributed by atoms with Gasteiger partial charge in [-0.1, -0.05) is 30.3 Å². The van der Waals surface area contributed by atoms with E-state index >= 15 is 0 Å². The van der Waals surface area contributed by atoms with Crippen LogP contribution in [0.25, 0.3) is 17.0 Å². The molecule has 0 spiro atoms. The predicted octanol–water partition coefficient (Wildman–Crippen LogP) is 2.04. The average Bonchev–Trinajstić information content (AvgIpc) is 2.80. The normalized spacial score (nSPS) is 11.1. The predicted molar refractivity (Wildman–Crippen MR) is 62.1 cm³/mol. The molecule has 0 saturated heterocycles. The van der Waals surface area contributed by atoms with Gasteiger partial charge >= 0.3 is 0 Å². The van der Waals surface area contributed by atoms with Crippen molar-refractivity contribution in [1.29, 1.82) is 0 Å². The van der Waals surface area contributed by atoms with Crippen molar-refractivity contribution in [2.75, 3.05) is 0 Å². The highest BCUT2D eigenvalue weighted by Gasteiger charge is 2.11. The van der Waals surface area contributed by atoms with Crippen LogP contribution < -0.4 is 0 Å². The van der Waals surface area contributed by atoms with E-state index in [1.165, 1.54) is 0 Å². The van der Waals surface area contributed by atoms with E-state index in [0.29, 0.717) is 0 Å².